The lowest BCUT2D eigenvalue weighted by Gasteiger charge is -2.26. The number of nitriles is 3. The third-order valence-corrected chi connectivity index (χ3v) is 11.6. The van der Waals surface area contributed by atoms with Gasteiger partial charge in [-0.2, -0.15) is 15.8 Å². The molecule has 0 aromatic heterocycles. The van der Waals surface area contributed by atoms with Crippen LogP contribution in [0.15, 0.2) is 71.0 Å². The third kappa shape index (κ3) is 16.5. The number of carbonyl (C=O) groups is 2. The Kier molecular flexibility index (Phi) is 24.6. The van der Waals surface area contributed by atoms with Crippen LogP contribution in [0, 0.1) is 34.0 Å². The lowest BCUT2D eigenvalue weighted by Crippen LogP contribution is -2.33. The zero-order valence-electron chi connectivity index (χ0n) is 38.7. The maximum absolute atomic E-state index is 14.1. The molecule has 3 rings (SSSR count). The zero-order chi connectivity index (χ0) is 45.0. The van der Waals surface area contributed by atoms with E-state index in [1.165, 1.54) is 87.5 Å². The van der Waals surface area contributed by atoms with Crippen LogP contribution in [-0.2, 0) is 16.0 Å². The Morgan fingerprint density at radius 3 is 1.90 bits per heavy atom. The molecule has 1 aliphatic rings. The van der Waals surface area contributed by atoms with Crippen molar-refractivity contribution < 1.29 is 14.3 Å². The van der Waals surface area contributed by atoms with Crippen molar-refractivity contribution in [3.63, 3.8) is 0 Å². The van der Waals surface area contributed by atoms with E-state index >= 15 is 0 Å². The van der Waals surface area contributed by atoms with Crippen LogP contribution in [0.3, 0.4) is 0 Å². The van der Waals surface area contributed by atoms with Crippen molar-refractivity contribution in [3.8, 4) is 24.0 Å². The number of anilines is 2. The van der Waals surface area contributed by atoms with E-state index < -0.39 is 12.0 Å². The van der Waals surface area contributed by atoms with E-state index in [9.17, 15) is 25.4 Å². The first-order valence-electron chi connectivity index (χ1n) is 23.9. The second-order valence-corrected chi connectivity index (χ2v) is 16.6. The van der Waals surface area contributed by atoms with E-state index in [2.05, 4.69) is 49.2 Å². The van der Waals surface area contributed by atoms with Gasteiger partial charge in [0.05, 0.1) is 22.5 Å². The lowest BCUT2D eigenvalue weighted by atomic mass is 10.0. The first-order chi connectivity index (χ1) is 30.3. The largest absolute Gasteiger partial charge is 0.481 e. The van der Waals surface area contributed by atoms with E-state index in [-0.39, 0.29) is 34.9 Å². The Morgan fingerprint density at radius 1 is 0.742 bits per heavy atom. The molecule has 0 saturated carbocycles. The molecule has 334 valence electrons. The molecule has 1 atom stereocenters. The van der Waals surface area contributed by atoms with Crippen molar-refractivity contribution in [1.29, 1.82) is 15.8 Å². The fraction of sp³-hybridized carbons (Fsp3) is 0.566. The molecular weight excluding hydrogens is 769 g/mol. The summed E-state index contributed by atoms with van der Waals surface area (Å²) in [5.41, 5.74) is 3.24. The number of allylic oxidation sites excluding steroid dienone is 2. The van der Waals surface area contributed by atoms with Crippen LogP contribution < -0.4 is 15.0 Å². The van der Waals surface area contributed by atoms with E-state index in [0.717, 1.165) is 63.7 Å². The Bertz CT molecular complexity index is 1900. The number of rotatable bonds is 31. The number of benzene rings is 2. The molecule has 0 fully saturated rings. The predicted molar refractivity (Wildman–Crippen MR) is 254 cm³/mol. The summed E-state index contributed by atoms with van der Waals surface area (Å²) >= 11 is 0. The van der Waals surface area contributed by atoms with Crippen molar-refractivity contribution in [2.45, 2.75) is 176 Å². The molecule has 2 aromatic carbocycles. The first kappa shape index (κ1) is 51.0. The van der Waals surface area contributed by atoms with E-state index in [0.29, 0.717) is 29.8 Å². The summed E-state index contributed by atoms with van der Waals surface area (Å²) in [6.07, 6.45) is 26.8. The van der Waals surface area contributed by atoms with Gasteiger partial charge in [0.2, 0.25) is 0 Å². The number of aryl methyl sites for hydroxylation is 1. The minimum atomic E-state index is -0.752. The molecule has 0 saturated heterocycles. The number of carbonyl (C=O) groups excluding carboxylic acids is 2. The third-order valence-electron chi connectivity index (χ3n) is 11.6. The maximum Gasteiger partial charge on any atom is 0.265 e. The van der Waals surface area contributed by atoms with Crippen molar-refractivity contribution >= 4 is 29.3 Å². The average molecular weight is 843 g/mol. The van der Waals surface area contributed by atoms with Gasteiger partial charge in [-0.3, -0.25) is 9.59 Å². The summed E-state index contributed by atoms with van der Waals surface area (Å²) in [7, 11) is 0. The molecule has 2 amide bonds. The monoisotopic (exact) mass is 843 g/mol. The Labute approximate surface area is 374 Å². The van der Waals surface area contributed by atoms with Crippen molar-refractivity contribution in [2.24, 2.45) is 0 Å². The Morgan fingerprint density at radius 2 is 1.34 bits per heavy atom. The van der Waals surface area contributed by atoms with Crippen molar-refractivity contribution in [2.75, 3.05) is 29.9 Å². The molecule has 9 heteroatoms. The summed E-state index contributed by atoms with van der Waals surface area (Å²) < 4.78 is 6.37. The van der Waals surface area contributed by atoms with E-state index in [1.54, 1.807) is 12.2 Å². The fourth-order valence-corrected chi connectivity index (χ4v) is 7.86. The summed E-state index contributed by atoms with van der Waals surface area (Å²) in [6, 6.07) is 19.8. The normalized spacial score (nSPS) is 13.0. The van der Waals surface area contributed by atoms with Gasteiger partial charge in [-0.15, -0.1) is 0 Å². The van der Waals surface area contributed by atoms with Crippen molar-refractivity contribution in [1.82, 2.24) is 4.90 Å². The number of nitrogens with zero attached hydrogens (tertiary/aromatic N) is 5. The van der Waals surface area contributed by atoms with Gasteiger partial charge >= 0.3 is 0 Å². The summed E-state index contributed by atoms with van der Waals surface area (Å²) in [5.74, 6) is -0.0559. The van der Waals surface area contributed by atoms with Gasteiger partial charge < -0.3 is 19.9 Å². The highest BCUT2D eigenvalue weighted by Gasteiger charge is 2.36. The maximum atomic E-state index is 14.1. The van der Waals surface area contributed by atoms with Crippen LogP contribution in [0.4, 0.5) is 11.4 Å². The van der Waals surface area contributed by atoms with Gasteiger partial charge in [0.1, 0.15) is 24.0 Å². The number of ether oxygens (including phenoxy) is 1. The van der Waals surface area contributed by atoms with Crippen LogP contribution in [-0.4, -0.2) is 42.5 Å². The van der Waals surface area contributed by atoms with Crippen LogP contribution in [0.5, 0.6) is 5.75 Å². The van der Waals surface area contributed by atoms with E-state index in [4.69, 9.17) is 4.74 Å². The number of nitrogens with one attached hydrogen (secondary N) is 1. The molecule has 62 heavy (non-hydrogen) atoms. The van der Waals surface area contributed by atoms with Crippen molar-refractivity contribution in [3.05, 3.63) is 82.1 Å². The highest BCUT2D eigenvalue weighted by atomic mass is 16.5. The standard InChI is InChI=1S/C53H74N6O3/c1-6-11-15-16-17-18-19-20-21-22-23-24-25-27-42-28-26-29-46(37-42)62-50(10-5)52(60)57-49-38-45(58(34-12-7-2)35-13-8-3)32-30-43(49)31-33-47-48(41-56)51(44(39-54)40-55)59(53(47)61)36-14-9-4/h26,28-33,37-38,50H,6-25,27,34-36H2,1-5H3,(H,57,60)/b33-31+. The Balaban J connectivity index is 1.79. The molecule has 0 radical (unpaired) electrons. The van der Waals surface area contributed by atoms with Crippen LogP contribution in [0.2, 0.25) is 0 Å². The van der Waals surface area contributed by atoms with Gasteiger partial charge in [-0.25, -0.2) is 0 Å². The number of hydrogen-bond donors (Lipinski definition) is 1. The minimum Gasteiger partial charge on any atom is -0.481 e. The van der Waals surface area contributed by atoms with Gasteiger partial charge in [0.25, 0.3) is 11.8 Å². The molecule has 0 bridgehead atoms. The minimum absolute atomic E-state index is 0.0104. The number of unbranched alkanes of at least 4 members (excludes halogenated alkanes) is 15. The highest BCUT2D eigenvalue weighted by molar-refractivity contribution is 6.05. The second kappa shape index (κ2) is 29.8. The number of hydrogen-bond acceptors (Lipinski definition) is 7. The van der Waals surface area contributed by atoms with E-state index in [1.807, 2.05) is 56.3 Å². The van der Waals surface area contributed by atoms with Gasteiger partial charge in [-0.05, 0) is 80.0 Å². The average Bonchev–Trinajstić information content (AvgIpc) is 3.55. The smallest absolute Gasteiger partial charge is 0.265 e. The topological polar surface area (TPSA) is 133 Å². The first-order valence-corrected chi connectivity index (χ1v) is 23.9. The lowest BCUT2D eigenvalue weighted by molar-refractivity contribution is -0.124. The molecule has 1 unspecified atom stereocenters. The molecule has 1 heterocycles. The predicted octanol–water partition coefficient (Wildman–Crippen LogP) is 13.3. The molecule has 0 spiro atoms. The summed E-state index contributed by atoms with van der Waals surface area (Å²) in [4.78, 5) is 31.6. The summed E-state index contributed by atoms with van der Waals surface area (Å²) in [5, 5.41) is 32.8. The number of amides is 2. The molecular formula is C53H74N6O3. The van der Waals surface area contributed by atoms with Crippen LogP contribution >= 0.6 is 0 Å². The molecule has 1 N–H and O–H groups in total. The summed E-state index contributed by atoms with van der Waals surface area (Å²) in [6.45, 7) is 12.6. The molecule has 9 nitrogen and oxygen atoms in total. The Hall–Kier alpha value is -5.33. The second-order valence-electron chi connectivity index (χ2n) is 16.6. The van der Waals surface area contributed by atoms with Crippen LogP contribution in [0.1, 0.15) is 174 Å². The van der Waals surface area contributed by atoms with Gasteiger partial charge in [0.15, 0.2) is 11.7 Å². The SMILES string of the molecule is CCCCCCCCCCCCCCCc1cccc(OC(CC)C(=O)Nc2cc(N(CCCC)CCCC)ccc2/C=C/C2=C(C#N)C(=C(C#N)C#N)N(CCCC)C2=O)c1. The highest BCUT2D eigenvalue weighted by Crippen LogP contribution is 2.34. The van der Waals surface area contributed by atoms with Gasteiger partial charge in [-0.1, -0.05) is 155 Å². The molecule has 2 aromatic rings. The fourth-order valence-electron chi connectivity index (χ4n) is 7.86. The quantitative estimate of drug-likeness (QED) is 0.0590. The molecule has 0 aliphatic carbocycles. The van der Waals surface area contributed by atoms with Gasteiger partial charge in [0, 0.05) is 25.3 Å². The van der Waals surface area contributed by atoms with Crippen LogP contribution in [0.25, 0.3) is 6.08 Å². The zero-order valence-corrected chi connectivity index (χ0v) is 38.7. The molecule has 1 aliphatic heterocycles.